The Balaban J connectivity index is 1.74. The lowest BCUT2D eigenvalue weighted by atomic mass is 10.1. The summed E-state index contributed by atoms with van der Waals surface area (Å²) >= 11 is 13.7. The molecule has 6 nitrogen and oxygen atoms in total. The fourth-order valence-electron chi connectivity index (χ4n) is 3.50. The molecule has 196 valence electrons. The van der Waals surface area contributed by atoms with Gasteiger partial charge in [0.2, 0.25) is 0 Å². The van der Waals surface area contributed by atoms with E-state index < -0.39 is 17.7 Å². The van der Waals surface area contributed by atoms with Crippen molar-refractivity contribution in [2.24, 2.45) is 5.92 Å². The number of carboxylic acids is 1. The summed E-state index contributed by atoms with van der Waals surface area (Å²) in [5.74, 6) is -1.58. The minimum Gasteiger partial charge on any atom is -0.478 e. The number of thiazole rings is 1. The van der Waals surface area contributed by atoms with E-state index in [0.717, 1.165) is 24.2 Å². The average Bonchev–Trinajstić information content (AvgIpc) is 3.32. The first-order valence-corrected chi connectivity index (χ1v) is 13.3. The second-order valence-corrected chi connectivity index (χ2v) is 10.1. The summed E-state index contributed by atoms with van der Waals surface area (Å²) in [7, 11) is 0. The standard InChI is InChI=1S/C27H27Cl2FN2O4S/c1-4-16(5-2)12-36-13-17-7-6-8-19(24(17)30)23-14-37-27(31-23)32-25(33)18-10-21(28)20(22(29)11-18)9-15(3)26(34)35/h6-11,14,16H,4-5,12-13H2,1-3H3,(H,34,35)(H,31,32,33). The first-order valence-electron chi connectivity index (χ1n) is 11.7. The number of nitrogens with zero attached hydrogens (tertiary/aromatic N) is 1. The summed E-state index contributed by atoms with van der Waals surface area (Å²) < 4.78 is 20.9. The molecule has 2 aromatic carbocycles. The number of hydrogen-bond donors (Lipinski definition) is 2. The van der Waals surface area contributed by atoms with E-state index in [9.17, 15) is 9.59 Å². The van der Waals surface area contributed by atoms with Crippen molar-refractivity contribution in [2.45, 2.75) is 40.2 Å². The molecular formula is C27H27Cl2FN2O4S. The molecule has 0 aliphatic heterocycles. The van der Waals surface area contributed by atoms with Gasteiger partial charge in [0.1, 0.15) is 5.82 Å². The van der Waals surface area contributed by atoms with E-state index in [2.05, 4.69) is 24.1 Å². The van der Waals surface area contributed by atoms with Crippen molar-refractivity contribution in [1.82, 2.24) is 4.98 Å². The molecule has 0 saturated carbocycles. The number of carboxylic acid groups (broad SMARTS) is 1. The van der Waals surface area contributed by atoms with Crippen LogP contribution >= 0.6 is 34.5 Å². The molecule has 0 atom stereocenters. The van der Waals surface area contributed by atoms with Gasteiger partial charge in [-0.1, -0.05) is 62.0 Å². The van der Waals surface area contributed by atoms with Gasteiger partial charge in [-0.2, -0.15) is 0 Å². The van der Waals surface area contributed by atoms with E-state index in [-0.39, 0.29) is 32.9 Å². The molecule has 2 N–H and O–H groups in total. The molecule has 0 bridgehead atoms. The fourth-order valence-corrected chi connectivity index (χ4v) is 4.81. The third-order valence-electron chi connectivity index (χ3n) is 5.88. The first kappa shape index (κ1) is 28.8. The summed E-state index contributed by atoms with van der Waals surface area (Å²) in [4.78, 5) is 28.2. The van der Waals surface area contributed by atoms with Crippen LogP contribution < -0.4 is 5.32 Å². The van der Waals surface area contributed by atoms with Crippen LogP contribution in [-0.2, 0) is 16.1 Å². The minimum atomic E-state index is -1.11. The van der Waals surface area contributed by atoms with Crippen molar-refractivity contribution in [3.63, 3.8) is 0 Å². The summed E-state index contributed by atoms with van der Waals surface area (Å²) in [5, 5.41) is 13.9. The summed E-state index contributed by atoms with van der Waals surface area (Å²) in [6, 6.07) is 7.85. The average molecular weight is 565 g/mol. The highest BCUT2D eigenvalue weighted by atomic mass is 35.5. The number of amides is 1. The number of hydrogen-bond acceptors (Lipinski definition) is 5. The van der Waals surface area contributed by atoms with Gasteiger partial charge in [-0.3, -0.25) is 10.1 Å². The van der Waals surface area contributed by atoms with Crippen molar-refractivity contribution in [3.8, 4) is 11.3 Å². The predicted octanol–water partition coefficient (Wildman–Crippen LogP) is 7.95. The van der Waals surface area contributed by atoms with Gasteiger partial charge < -0.3 is 9.84 Å². The number of anilines is 1. The van der Waals surface area contributed by atoms with E-state index in [1.54, 1.807) is 23.6 Å². The number of nitrogens with one attached hydrogen (secondary N) is 1. The van der Waals surface area contributed by atoms with Gasteiger partial charge in [0.15, 0.2) is 5.13 Å². The summed E-state index contributed by atoms with van der Waals surface area (Å²) in [6.07, 6.45) is 3.36. The maximum atomic E-state index is 15.2. The Bertz CT molecular complexity index is 1300. The first-order chi connectivity index (χ1) is 17.6. The Kier molecular flexibility index (Phi) is 10.2. The molecule has 3 aromatic rings. The molecule has 3 rings (SSSR count). The molecule has 0 radical (unpaired) electrons. The lowest BCUT2D eigenvalue weighted by molar-refractivity contribution is -0.132. The minimum absolute atomic E-state index is 0.0466. The quantitative estimate of drug-likeness (QED) is 0.230. The summed E-state index contributed by atoms with van der Waals surface area (Å²) in [5.41, 5.74) is 1.66. The van der Waals surface area contributed by atoms with Crippen LogP contribution in [0, 0.1) is 11.7 Å². The summed E-state index contributed by atoms with van der Waals surface area (Å²) in [6.45, 7) is 6.37. The molecule has 37 heavy (non-hydrogen) atoms. The number of halogens is 3. The Morgan fingerprint density at radius 1 is 1.22 bits per heavy atom. The second kappa shape index (κ2) is 13.1. The molecule has 0 aliphatic carbocycles. The lowest BCUT2D eigenvalue weighted by Crippen LogP contribution is -2.12. The van der Waals surface area contributed by atoms with E-state index in [1.165, 1.54) is 25.1 Å². The molecular weight excluding hydrogens is 538 g/mol. The van der Waals surface area contributed by atoms with Gasteiger partial charge in [-0.25, -0.2) is 14.2 Å². The number of aromatic nitrogens is 1. The predicted molar refractivity (Wildman–Crippen MR) is 147 cm³/mol. The molecule has 1 aromatic heterocycles. The lowest BCUT2D eigenvalue weighted by Gasteiger charge is -2.13. The molecule has 1 heterocycles. The molecule has 0 saturated heterocycles. The van der Waals surface area contributed by atoms with Gasteiger partial charge in [-0.15, -0.1) is 11.3 Å². The normalized spacial score (nSPS) is 11.7. The smallest absolute Gasteiger partial charge is 0.331 e. The maximum Gasteiger partial charge on any atom is 0.331 e. The van der Waals surface area contributed by atoms with Crippen LogP contribution in [0.1, 0.15) is 55.1 Å². The van der Waals surface area contributed by atoms with Crippen molar-refractivity contribution >= 4 is 57.6 Å². The number of rotatable bonds is 11. The van der Waals surface area contributed by atoms with E-state index >= 15 is 4.39 Å². The molecule has 0 unspecified atom stereocenters. The van der Waals surface area contributed by atoms with Crippen LogP contribution in [-0.4, -0.2) is 28.6 Å². The molecule has 10 heteroatoms. The third kappa shape index (κ3) is 7.38. The van der Waals surface area contributed by atoms with Gasteiger partial charge in [-0.05, 0) is 37.1 Å². The number of carbonyl (C=O) groups excluding carboxylic acids is 1. The Hall–Kier alpha value is -2.78. The van der Waals surface area contributed by atoms with Crippen LogP contribution in [0.3, 0.4) is 0 Å². The number of carbonyl (C=O) groups is 2. The van der Waals surface area contributed by atoms with E-state index in [0.29, 0.717) is 34.9 Å². The van der Waals surface area contributed by atoms with Gasteiger partial charge >= 0.3 is 5.97 Å². The Labute approximate surface area is 229 Å². The number of ether oxygens (including phenoxy) is 1. The molecule has 0 fully saturated rings. The highest BCUT2D eigenvalue weighted by Crippen LogP contribution is 2.31. The van der Waals surface area contributed by atoms with Crippen LogP contribution in [0.25, 0.3) is 17.3 Å². The highest BCUT2D eigenvalue weighted by molar-refractivity contribution is 7.14. The number of benzene rings is 2. The van der Waals surface area contributed by atoms with Crippen LogP contribution in [0.5, 0.6) is 0 Å². The Morgan fingerprint density at radius 2 is 1.89 bits per heavy atom. The third-order valence-corrected chi connectivity index (χ3v) is 7.27. The largest absolute Gasteiger partial charge is 0.478 e. The van der Waals surface area contributed by atoms with E-state index in [1.807, 2.05) is 0 Å². The van der Waals surface area contributed by atoms with Gasteiger partial charge in [0.05, 0.1) is 22.3 Å². The molecule has 0 aliphatic rings. The van der Waals surface area contributed by atoms with Gasteiger partial charge in [0, 0.05) is 39.8 Å². The SMILES string of the molecule is CCC(CC)COCc1cccc(-c2csc(NC(=O)c3cc(Cl)c(C=C(C)C(=O)O)c(Cl)c3)n2)c1F. The van der Waals surface area contributed by atoms with Crippen LogP contribution in [0.4, 0.5) is 9.52 Å². The van der Waals surface area contributed by atoms with Crippen LogP contribution in [0.15, 0.2) is 41.3 Å². The van der Waals surface area contributed by atoms with Crippen molar-refractivity contribution in [2.75, 3.05) is 11.9 Å². The van der Waals surface area contributed by atoms with Crippen molar-refractivity contribution in [3.05, 3.63) is 73.8 Å². The van der Waals surface area contributed by atoms with Crippen LogP contribution in [0.2, 0.25) is 10.0 Å². The monoisotopic (exact) mass is 564 g/mol. The zero-order valence-corrected chi connectivity index (χ0v) is 22.9. The Morgan fingerprint density at radius 3 is 2.51 bits per heavy atom. The topological polar surface area (TPSA) is 88.5 Å². The van der Waals surface area contributed by atoms with Crippen molar-refractivity contribution < 1.29 is 23.8 Å². The fraction of sp³-hybridized carbons (Fsp3) is 0.296. The zero-order chi connectivity index (χ0) is 27.1. The van der Waals surface area contributed by atoms with Gasteiger partial charge in [0.25, 0.3) is 5.91 Å². The highest BCUT2D eigenvalue weighted by Gasteiger charge is 2.17. The van der Waals surface area contributed by atoms with Crippen molar-refractivity contribution in [1.29, 1.82) is 0 Å². The molecule has 1 amide bonds. The maximum absolute atomic E-state index is 15.2. The van der Waals surface area contributed by atoms with E-state index in [4.69, 9.17) is 33.0 Å². The second-order valence-electron chi connectivity index (χ2n) is 8.45. The zero-order valence-electron chi connectivity index (χ0n) is 20.6. The number of aliphatic carboxylic acids is 1. The molecule has 0 spiro atoms.